The molecule has 2 aliphatic rings. The third-order valence-electron chi connectivity index (χ3n) is 4.42. The number of nitrogens with zero attached hydrogens (tertiary/aromatic N) is 1. The second-order valence-electron chi connectivity index (χ2n) is 5.81. The molecule has 0 aromatic heterocycles. The molecule has 2 heterocycles. The molecule has 0 spiro atoms. The summed E-state index contributed by atoms with van der Waals surface area (Å²) in [5.74, 6) is 1.74. The number of hydrogen-bond donors (Lipinski definition) is 2. The third-order valence-corrected chi connectivity index (χ3v) is 4.42. The molecule has 0 saturated carbocycles. The maximum Gasteiger partial charge on any atom is 0.237 e. The van der Waals surface area contributed by atoms with Crippen LogP contribution >= 0.6 is 0 Å². The van der Waals surface area contributed by atoms with Gasteiger partial charge in [0.2, 0.25) is 5.91 Å². The highest BCUT2D eigenvalue weighted by atomic mass is 16.2. The van der Waals surface area contributed by atoms with Crippen LogP contribution in [0.1, 0.15) is 33.1 Å². The predicted molar refractivity (Wildman–Crippen MR) is 73.4 cm³/mol. The van der Waals surface area contributed by atoms with Gasteiger partial charge in [0.1, 0.15) is 0 Å². The molecule has 0 aliphatic carbocycles. The van der Waals surface area contributed by atoms with E-state index in [-0.39, 0.29) is 11.9 Å². The molecule has 2 saturated heterocycles. The Kier molecular flexibility index (Phi) is 5.01. The summed E-state index contributed by atoms with van der Waals surface area (Å²) in [6.07, 6.45) is 3.51. The number of amides is 1. The minimum atomic E-state index is 0.0391. The lowest BCUT2D eigenvalue weighted by Gasteiger charge is -2.24. The Balaban J connectivity index is 1.70. The summed E-state index contributed by atoms with van der Waals surface area (Å²) < 4.78 is 0. The first kappa shape index (κ1) is 13.8. The van der Waals surface area contributed by atoms with Gasteiger partial charge in [-0.1, -0.05) is 19.8 Å². The van der Waals surface area contributed by atoms with E-state index in [9.17, 15) is 4.79 Å². The minimum absolute atomic E-state index is 0.0391. The van der Waals surface area contributed by atoms with E-state index in [1.54, 1.807) is 0 Å². The summed E-state index contributed by atoms with van der Waals surface area (Å²) in [4.78, 5) is 14.4. The van der Waals surface area contributed by atoms with Crippen LogP contribution < -0.4 is 10.6 Å². The van der Waals surface area contributed by atoms with Gasteiger partial charge in [0, 0.05) is 19.6 Å². The molecule has 2 fully saturated rings. The normalized spacial score (nSPS) is 29.2. The Morgan fingerprint density at radius 3 is 2.61 bits per heavy atom. The molecule has 2 N–H and O–H groups in total. The van der Waals surface area contributed by atoms with Crippen LogP contribution in [0.5, 0.6) is 0 Å². The van der Waals surface area contributed by atoms with Gasteiger partial charge in [-0.25, -0.2) is 0 Å². The molecule has 0 aromatic rings. The Hall–Kier alpha value is -0.610. The summed E-state index contributed by atoms with van der Waals surface area (Å²) in [5.41, 5.74) is 0. The fourth-order valence-corrected chi connectivity index (χ4v) is 3.11. The highest BCUT2D eigenvalue weighted by Crippen LogP contribution is 2.27. The molecule has 2 rings (SSSR count). The van der Waals surface area contributed by atoms with Crippen molar-refractivity contribution in [3.8, 4) is 0 Å². The fourth-order valence-electron chi connectivity index (χ4n) is 3.11. The average Bonchev–Trinajstić information content (AvgIpc) is 2.94. The Labute approximate surface area is 110 Å². The standard InChI is InChI=1S/C14H27N3O/c1-3-4-5-6-16-14(18)11(2)17-9-12-7-15-8-13(12)10-17/h11-13,15H,3-10H2,1-2H3,(H,16,18)/t11?,12-,13+. The molecule has 104 valence electrons. The number of nitrogens with one attached hydrogen (secondary N) is 2. The van der Waals surface area contributed by atoms with Gasteiger partial charge < -0.3 is 10.6 Å². The van der Waals surface area contributed by atoms with Crippen LogP contribution in [-0.2, 0) is 4.79 Å². The van der Waals surface area contributed by atoms with Crippen molar-refractivity contribution in [3.63, 3.8) is 0 Å². The molecule has 3 atom stereocenters. The van der Waals surface area contributed by atoms with Crippen molar-refractivity contribution in [2.75, 3.05) is 32.7 Å². The molecule has 18 heavy (non-hydrogen) atoms. The van der Waals surface area contributed by atoms with Gasteiger partial charge in [-0.2, -0.15) is 0 Å². The number of hydrogen-bond acceptors (Lipinski definition) is 3. The monoisotopic (exact) mass is 253 g/mol. The number of fused-ring (bicyclic) bond motifs is 1. The van der Waals surface area contributed by atoms with E-state index < -0.39 is 0 Å². The Bertz CT molecular complexity index is 270. The maximum atomic E-state index is 12.0. The summed E-state index contributed by atoms with van der Waals surface area (Å²) >= 11 is 0. The van der Waals surface area contributed by atoms with E-state index in [0.29, 0.717) is 0 Å². The second kappa shape index (κ2) is 6.53. The SMILES string of the molecule is CCCCCNC(=O)C(C)N1C[C@H]2CNC[C@H]2C1. The largest absolute Gasteiger partial charge is 0.355 e. The third kappa shape index (κ3) is 3.23. The summed E-state index contributed by atoms with van der Waals surface area (Å²) in [5, 5.41) is 6.50. The van der Waals surface area contributed by atoms with Crippen molar-refractivity contribution in [3.05, 3.63) is 0 Å². The van der Waals surface area contributed by atoms with Gasteiger partial charge in [0.25, 0.3) is 0 Å². The molecule has 2 aliphatic heterocycles. The summed E-state index contributed by atoms with van der Waals surface area (Å²) in [6, 6.07) is 0.0391. The van der Waals surface area contributed by atoms with Gasteiger partial charge in [-0.15, -0.1) is 0 Å². The molecule has 4 heteroatoms. The summed E-state index contributed by atoms with van der Waals surface area (Å²) in [6.45, 7) is 9.49. The molecule has 0 aromatic carbocycles. The number of rotatable bonds is 6. The van der Waals surface area contributed by atoms with Crippen molar-refractivity contribution >= 4 is 5.91 Å². The maximum absolute atomic E-state index is 12.0. The zero-order valence-electron chi connectivity index (χ0n) is 11.7. The fraction of sp³-hybridized carbons (Fsp3) is 0.929. The molecule has 0 radical (unpaired) electrons. The van der Waals surface area contributed by atoms with Crippen LogP contribution in [0.2, 0.25) is 0 Å². The van der Waals surface area contributed by atoms with Crippen molar-refractivity contribution < 1.29 is 4.79 Å². The zero-order chi connectivity index (χ0) is 13.0. The van der Waals surface area contributed by atoms with Gasteiger partial charge in [0.15, 0.2) is 0 Å². The highest BCUT2D eigenvalue weighted by molar-refractivity contribution is 5.81. The molecular weight excluding hydrogens is 226 g/mol. The number of likely N-dealkylation sites (tertiary alicyclic amines) is 1. The molecule has 4 nitrogen and oxygen atoms in total. The van der Waals surface area contributed by atoms with Crippen LogP contribution in [0.4, 0.5) is 0 Å². The first-order valence-electron chi connectivity index (χ1n) is 7.44. The first-order valence-corrected chi connectivity index (χ1v) is 7.44. The van der Waals surface area contributed by atoms with Crippen LogP contribution in [0.3, 0.4) is 0 Å². The zero-order valence-corrected chi connectivity index (χ0v) is 11.7. The van der Waals surface area contributed by atoms with Crippen LogP contribution in [-0.4, -0.2) is 49.6 Å². The van der Waals surface area contributed by atoms with Crippen molar-refractivity contribution in [2.24, 2.45) is 11.8 Å². The van der Waals surface area contributed by atoms with Gasteiger partial charge in [0.05, 0.1) is 6.04 Å². The van der Waals surface area contributed by atoms with E-state index in [1.165, 1.54) is 12.8 Å². The van der Waals surface area contributed by atoms with E-state index in [2.05, 4.69) is 22.5 Å². The first-order chi connectivity index (χ1) is 8.72. The quantitative estimate of drug-likeness (QED) is 0.689. The van der Waals surface area contributed by atoms with Crippen molar-refractivity contribution in [1.29, 1.82) is 0 Å². The smallest absolute Gasteiger partial charge is 0.237 e. The minimum Gasteiger partial charge on any atom is -0.355 e. The van der Waals surface area contributed by atoms with Crippen LogP contribution in [0, 0.1) is 11.8 Å². The molecule has 1 amide bonds. The van der Waals surface area contributed by atoms with Gasteiger partial charge >= 0.3 is 0 Å². The molecule has 1 unspecified atom stereocenters. The van der Waals surface area contributed by atoms with Crippen molar-refractivity contribution in [2.45, 2.75) is 39.2 Å². The Morgan fingerprint density at radius 2 is 2.00 bits per heavy atom. The lowest BCUT2D eigenvalue weighted by Crippen LogP contribution is -2.45. The van der Waals surface area contributed by atoms with Gasteiger partial charge in [-0.05, 0) is 38.3 Å². The predicted octanol–water partition coefficient (Wildman–Crippen LogP) is 0.833. The highest BCUT2D eigenvalue weighted by Gasteiger charge is 2.39. The number of carbonyl (C=O) groups excluding carboxylic acids is 1. The lowest BCUT2D eigenvalue weighted by atomic mass is 10.0. The average molecular weight is 253 g/mol. The lowest BCUT2D eigenvalue weighted by molar-refractivity contribution is -0.125. The van der Waals surface area contributed by atoms with Crippen molar-refractivity contribution in [1.82, 2.24) is 15.5 Å². The van der Waals surface area contributed by atoms with E-state index in [4.69, 9.17) is 0 Å². The van der Waals surface area contributed by atoms with Crippen LogP contribution in [0.25, 0.3) is 0 Å². The van der Waals surface area contributed by atoms with E-state index in [0.717, 1.165) is 51.0 Å². The second-order valence-corrected chi connectivity index (χ2v) is 5.81. The van der Waals surface area contributed by atoms with Crippen LogP contribution in [0.15, 0.2) is 0 Å². The molecular formula is C14H27N3O. The number of carbonyl (C=O) groups is 1. The number of unbranched alkanes of at least 4 members (excludes halogenated alkanes) is 2. The van der Waals surface area contributed by atoms with Gasteiger partial charge in [-0.3, -0.25) is 9.69 Å². The van der Waals surface area contributed by atoms with E-state index in [1.807, 2.05) is 6.92 Å². The topological polar surface area (TPSA) is 44.4 Å². The van der Waals surface area contributed by atoms with E-state index >= 15 is 0 Å². The summed E-state index contributed by atoms with van der Waals surface area (Å²) in [7, 11) is 0. The molecule has 0 bridgehead atoms. The Morgan fingerprint density at radius 1 is 1.33 bits per heavy atom.